The van der Waals surface area contributed by atoms with Gasteiger partial charge in [-0.15, -0.1) is 0 Å². The van der Waals surface area contributed by atoms with Gasteiger partial charge in [0.2, 0.25) is 0 Å². The van der Waals surface area contributed by atoms with E-state index in [4.69, 9.17) is 14.0 Å². The topological polar surface area (TPSA) is 95.9 Å². The molecule has 3 heterocycles. The summed E-state index contributed by atoms with van der Waals surface area (Å²) >= 11 is 0. The van der Waals surface area contributed by atoms with E-state index in [1.165, 1.54) is 10.5 Å². The third-order valence-electron chi connectivity index (χ3n) is 4.87. The van der Waals surface area contributed by atoms with Crippen molar-refractivity contribution in [3.8, 4) is 5.75 Å². The molecule has 0 unspecified atom stereocenters. The van der Waals surface area contributed by atoms with Gasteiger partial charge in [-0.1, -0.05) is 11.2 Å². The molecule has 0 saturated heterocycles. The van der Waals surface area contributed by atoms with Crippen molar-refractivity contribution in [2.24, 2.45) is 0 Å². The fourth-order valence-corrected chi connectivity index (χ4v) is 3.11. The molecule has 0 saturated carbocycles. The first kappa shape index (κ1) is 20.3. The van der Waals surface area contributed by atoms with Crippen LogP contribution in [0.1, 0.15) is 38.6 Å². The van der Waals surface area contributed by atoms with Gasteiger partial charge in [0, 0.05) is 12.3 Å². The molecule has 4 aromatic rings. The summed E-state index contributed by atoms with van der Waals surface area (Å²) in [6.07, 6.45) is 1.72. The van der Waals surface area contributed by atoms with Crippen LogP contribution in [0.5, 0.6) is 5.75 Å². The summed E-state index contributed by atoms with van der Waals surface area (Å²) in [5.41, 5.74) is 3.69. The SMILES string of the molecule is Cc1ccc2nc(COC(=O)c3ccc(OCc4c(C)noc4C)cc3)cc(=O)n2c1. The van der Waals surface area contributed by atoms with Crippen molar-refractivity contribution in [2.75, 3.05) is 0 Å². The van der Waals surface area contributed by atoms with Gasteiger partial charge in [-0.05, 0) is 56.7 Å². The minimum absolute atomic E-state index is 0.0945. The minimum Gasteiger partial charge on any atom is -0.489 e. The molecule has 0 aliphatic carbocycles. The Morgan fingerprint density at radius 2 is 1.84 bits per heavy atom. The van der Waals surface area contributed by atoms with Crippen LogP contribution in [0, 0.1) is 20.8 Å². The molecule has 0 aliphatic rings. The van der Waals surface area contributed by atoms with Crippen molar-refractivity contribution in [1.29, 1.82) is 0 Å². The molecule has 0 radical (unpaired) electrons. The summed E-state index contributed by atoms with van der Waals surface area (Å²) < 4.78 is 17.6. The van der Waals surface area contributed by atoms with Crippen molar-refractivity contribution < 1.29 is 18.8 Å². The number of carbonyl (C=O) groups is 1. The van der Waals surface area contributed by atoms with E-state index in [2.05, 4.69) is 10.1 Å². The number of fused-ring (bicyclic) bond motifs is 1. The Balaban J connectivity index is 1.38. The average Bonchev–Trinajstić information content (AvgIpc) is 3.08. The summed E-state index contributed by atoms with van der Waals surface area (Å²) in [5.74, 6) is 0.814. The van der Waals surface area contributed by atoms with Crippen LogP contribution in [0.4, 0.5) is 0 Å². The van der Waals surface area contributed by atoms with Crippen molar-refractivity contribution in [2.45, 2.75) is 34.0 Å². The number of benzene rings is 1. The molecule has 158 valence electrons. The predicted octanol–water partition coefficient (Wildman–Crippen LogP) is 3.54. The number of carbonyl (C=O) groups excluding carboxylic acids is 1. The summed E-state index contributed by atoms with van der Waals surface area (Å²) in [6.45, 7) is 5.82. The number of rotatable bonds is 6. The van der Waals surface area contributed by atoms with Gasteiger partial charge in [-0.25, -0.2) is 9.78 Å². The van der Waals surface area contributed by atoms with E-state index < -0.39 is 5.97 Å². The number of esters is 1. The fraction of sp³-hybridized carbons (Fsp3) is 0.217. The Morgan fingerprint density at radius 3 is 2.55 bits per heavy atom. The first-order valence-corrected chi connectivity index (χ1v) is 9.71. The Hall–Kier alpha value is -3.94. The number of hydrogen-bond acceptors (Lipinski definition) is 7. The third-order valence-corrected chi connectivity index (χ3v) is 4.87. The van der Waals surface area contributed by atoms with E-state index in [9.17, 15) is 9.59 Å². The van der Waals surface area contributed by atoms with Gasteiger partial charge in [0.15, 0.2) is 0 Å². The fourth-order valence-electron chi connectivity index (χ4n) is 3.11. The lowest BCUT2D eigenvalue weighted by atomic mass is 10.2. The van der Waals surface area contributed by atoms with Crippen LogP contribution in [-0.4, -0.2) is 20.5 Å². The molecular weight excluding hydrogens is 398 g/mol. The highest BCUT2D eigenvalue weighted by Gasteiger charge is 2.12. The van der Waals surface area contributed by atoms with Gasteiger partial charge >= 0.3 is 5.97 Å². The lowest BCUT2D eigenvalue weighted by molar-refractivity contribution is 0.0467. The van der Waals surface area contributed by atoms with Crippen LogP contribution in [0.3, 0.4) is 0 Å². The molecular formula is C23H21N3O5. The zero-order chi connectivity index (χ0) is 22.0. The standard InChI is InChI=1S/C23H21N3O5/c1-14-4-9-21-24-18(10-22(27)26(21)11-14)12-30-23(28)17-5-7-19(8-6-17)29-13-20-15(2)25-31-16(20)3/h4-11H,12-13H2,1-3H3. The molecule has 0 amide bonds. The second-order valence-corrected chi connectivity index (χ2v) is 7.21. The molecule has 1 aromatic carbocycles. The van der Waals surface area contributed by atoms with Crippen LogP contribution < -0.4 is 10.3 Å². The minimum atomic E-state index is -0.511. The Morgan fingerprint density at radius 1 is 1.06 bits per heavy atom. The van der Waals surface area contributed by atoms with Crippen LogP contribution >= 0.6 is 0 Å². The number of aryl methyl sites for hydroxylation is 3. The van der Waals surface area contributed by atoms with Crippen LogP contribution in [-0.2, 0) is 18.0 Å². The van der Waals surface area contributed by atoms with Crippen molar-refractivity contribution in [3.63, 3.8) is 0 Å². The second kappa shape index (κ2) is 8.43. The number of ether oxygens (including phenoxy) is 2. The quantitative estimate of drug-likeness (QED) is 0.441. The zero-order valence-corrected chi connectivity index (χ0v) is 17.4. The van der Waals surface area contributed by atoms with Gasteiger partial charge < -0.3 is 14.0 Å². The molecule has 0 N–H and O–H groups in total. The number of nitrogens with zero attached hydrogens (tertiary/aromatic N) is 3. The summed E-state index contributed by atoms with van der Waals surface area (Å²) in [6, 6.07) is 11.6. The average molecular weight is 419 g/mol. The van der Waals surface area contributed by atoms with Gasteiger partial charge in [0.1, 0.15) is 30.4 Å². The van der Waals surface area contributed by atoms with Crippen LogP contribution in [0.25, 0.3) is 5.65 Å². The lowest BCUT2D eigenvalue weighted by Crippen LogP contribution is -2.16. The molecule has 0 bridgehead atoms. The number of hydrogen-bond donors (Lipinski definition) is 0. The molecule has 0 fully saturated rings. The van der Waals surface area contributed by atoms with E-state index in [-0.39, 0.29) is 12.2 Å². The molecule has 0 atom stereocenters. The molecule has 0 aliphatic heterocycles. The van der Waals surface area contributed by atoms with E-state index >= 15 is 0 Å². The van der Waals surface area contributed by atoms with Gasteiger partial charge in [-0.2, -0.15) is 0 Å². The van der Waals surface area contributed by atoms with E-state index in [1.807, 2.05) is 26.8 Å². The molecule has 4 rings (SSSR count). The smallest absolute Gasteiger partial charge is 0.338 e. The van der Waals surface area contributed by atoms with Crippen molar-refractivity contribution >= 4 is 11.6 Å². The monoisotopic (exact) mass is 419 g/mol. The molecule has 0 spiro atoms. The molecule has 8 nitrogen and oxygen atoms in total. The maximum absolute atomic E-state index is 12.4. The first-order chi connectivity index (χ1) is 14.9. The van der Waals surface area contributed by atoms with Gasteiger partial charge in [0.25, 0.3) is 5.56 Å². The van der Waals surface area contributed by atoms with Crippen LogP contribution in [0.15, 0.2) is 58.0 Å². The van der Waals surface area contributed by atoms with E-state index in [1.54, 1.807) is 36.5 Å². The Kier molecular flexibility index (Phi) is 5.53. The van der Waals surface area contributed by atoms with E-state index in [0.717, 1.165) is 22.6 Å². The number of pyridine rings is 1. The largest absolute Gasteiger partial charge is 0.489 e. The summed E-state index contributed by atoms with van der Waals surface area (Å²) in [4.78, 5) is 29.0. The third kappa shape index (κ3) is 4.48. The van der Waals surface area contributed by atoms with Crippen molar-refractivity contribution in [3.05, 3.63) is 92.9 Å². The molecule has 31 heavy (non-hydrogen) atoms. The summed E-state index contributed by atoms with van der Waals surface area (Å²) in [7, 11) is 0. The molecule has 8 heteroatoms. The molecule has 3 aromatic heterocycles. The maximum atomic E-state index is 12.4. The second-order valence-electron chi connectivity index (χ2n) is 7.21. The van der Waals surface area contributed by atoms with E-state index in [0.29, 0.717) is 29.3 Å². The van der Waals surface area contributed by atoms with Gasteiger partial charge in [0.05, 0.1) is 22.5 Å². The van der Waals surface area contributed by atoms with Crippen LogP contribution in [0.2, 0.25) is 0 Å². The Bertz CT molecular complexity index is 1290. The Labute approximate surface area is 178 Å². The maximum Gasteiger partial charge on any atom is 0.338 e. The highest BCUT2D eigenvalue weighted by atomic mass is 16.5. The summed E-state index contributed by atoms with van der Waals surface area (Å²) in [5, 5.41) is 3.89. The van der Waals surface area contributed by atoms with Crippen molar-refractivity contribution in [1.82, 2.24) is 14.5 Å². The normalized spacial score (nSPS) is 10.9. The number of aromatic nitrogens is 3. The first-order valence-electron chi connectivity index (χ1n) is 9.71. The highest BCUT2D eigenvalue weighted by molar-refractivity contribution is 5.89. The predicted molar refractivity (Wildman–Crippen MR) is 112 cm³/mol. The highest BCUT2D eigenvalue weighted by Crippen LogP contribution is 2.18. The lowest BCUT2D eigenvalue weighted by Gasteiger charge is -2.08. The zero-order valence-electron chi connectivity index (χ0n) is 17.4. The van der Waals surface area contributed by atoms with Gasteiger partial charge in [-0.3, -0.25) is 9.20 Å².